The van der Waals surface area contributed by atoms with Gasteiger partial charge in [-0.2, -0.15) is 0 Å². The normalized spacial score (nSPS) is 12.3. The fourth-order valence-electron chi connectivity index (χ4n) is 2.23. The van der Waals surface area contributed by atoms with Gasteiger partial charge in [0.05, 0.1) is 6.10 Å². The Kier molecular flexibility index (Phi) is 3.86. The summed E-state index contributed by atoms with van der Waals surface area (Å²) in [4.78, 5) is 1.97. The molecule has 0 bridgehead atoms. The number of hydrogen-bond acceptors (Lipinski definition) is 2. The Morgan fingerprint density at radius 1 is 1.11 bits per heavy atom. The van der Waals surface area contributed by atoms with Crippen molar-refractivity contribution in [1.82, 2.24) is 0 Å². The number of aliphatic hydroxyl groups is 1. The molecule has 100 valence electrons. The van der Waals surface area contributed by atoms with Gasteiger partial charge in [0.25, 0.3) is 0 Å². The Bertz CT molecular complexity index is 581. The van der Waals surface area contributed by atoms with Crippen molar-refractivity contribution in [3.63, 3.8) is 0 Å². The number of para-hydroxylation sites is 1. The van der Waals surface area contributed by atoms with E-state index in [1.165, 1.54) is 12.1 Å². The van der Waals surface area contributed by atoms with Gasteiger partial charge in [-0.3, -0.25) is 0 Å². The predicted octanol–water partition coefficient (Wildman–Crippen LogP) is 3.96. The Morgan fingerprint density at radius 2 is 1.79 bits per heavy atom. The van der Waals surface area contributed by atoms with E-state index in [2.05, 4.69) is 0 Å². The van der Waals surface area contributed by atoms with Crippen molar-refractivity contribution < 1.29 is 9.50 Å². The lowest BCUT2D eigenvalue weighted by molar-refractivity contribution is 0.199. The zero-order valence-electron chi connectivity index (χ0n) is 11.4. The van der Waals surface area contributed by atoms with Crippen LogP contribution in [0.15, 0.2) is 42.5 Å². The molecule has 0 aliphatic rings. The van der Waals surface area contributed by atoms with Crippen molar-refractivity contribution in [2.75, 3.05) is 11.9 Å². The van der Waals surface area contributed by atoms with E-state index in [1.54, 1.807) is 13.0 Å². The van der Waals surface area contributed by atoms with Gasteiger partial charge < -0.3 is 10.0 Å². The van der Waals surface area contributed by atoms with Crippen LogP contribution in [-0.2, 0) is 0 Å². The van der Waals surface area contributed by atoms with Gasteiger partial charge in [-0.1, -0.05) is 18.2 Å². The highest BCUT2D eigenvalue weighted by Gasteiger charge is 2.14. The first-order valence-electron chi connectivity index (χ1n) is 6.27. The van der Waals surface area contributed by atoms with E-state index in [9.17, 15) is 9.50 Å². The summed E-state index contributed by atoms with van der Waals surface area (Å²) in [5.74, 6) is -0.335. The highest BCUT2D eigenvalue weighted by atomic mass is 19.1. The molecule has 0 heterocycles. The average molecular weight is 259 g/mol. The van der Waals surface area contributed by atoms with Crippen molar-refractivity contribution in [3.05, 3.63) is 59.4 Å². The topological polar surface area (TPSA) is 23.5 Å². The molecule has 0 saturated heterocycles. The van der Waals surface area contributed by atoms with Crippen LogP contribution >= 0.6 is 0 Å². The Labute approximate surface area is 113 Å². The van der Waals surface area contributed by atoms with E-state index in [-0.39, 0.29) is 5.82 Å². The fraction of sp³-hybridized carbons (Fsp3) is 0.250. The molecule has 1 N–H and O–H groups in total. The summed E-state index contributed by atoms with van der Waals surface area (Å²) in [5, 5.41) is 9.80. The molecule has 3 heteroatoms. The first kappa shape index (κ1) is 13.6. The maximum atomic E-state index is 13.3. The lowest BCUT2D eigenvalue weighted by atomic mass is 10.1. The third kappa shape index (κ3) is 2.76. The van der Waals surface area contributed by atoms with Crippen LogP contribution in [0.25, 0.3) is 0 Å². The van der Waals surface area contributed by atoms with Gasteiger partial charge in [-0.25, -0.2) is 4.39 Å². The molecule has 2 rings (SSSR count). The summed E-state index contributed by atoms with van der Waals surface area (Å²) in [7, 11) is 1.92. The summed E-state index contributed by atoms with van der Waals surface area (Å²) >= 11 is 0. The number of aryl methyl sites for hydroxylation is 1. The van der Waals surface area contributed by atoms with E-state index in [0.29, 0.717) is 5.56 Å². The second-order valence-corrected chi connectivity index (χ2v) is 4.72. The number of anilines is 2. The van der Waals surface area contributed by atoms with Crippen LogP contribution in [0, 0.1) is 12.7 Å². The average Bonchev–Trinajstić information content (AvgIpc) is 2.38. The van der Waals surface area contributed by atoms with Crippen LogP contribution < -0.4 is 4.90 Å². The van der Waals surface area contributed by atoms with E-state index in [0.717, 1.165) is 16.9 Å². The number of aliphatic hydroxyl groups excluding tert-OH is 1. The molecule has 0 unspecified atom stereocenters. The smallest absolute Gasteiger partial charge is 0.123 e. The summed E-state index contributed by atoms with van der Waals surface area (Å²) in [6.45, 7) is 3.67. The van der Waals surface area contributed by atoms with E-state index in [4.69, 9.17) is 0 Å². The van der Waals surface area contributed by atoms with Crippen LogP contribution in [0.4, 0.5) is 15.8 Å². The predicted molar refractivity (Wildman–Crippen MR) is 76.3 cm³/mol. The van der Waals surface area contributed by atoms with Crippen molar-refractivity contribution in [2.45, 2.75) is 20.0 Å². The van der Waals surface area contributed by atoms with Crippen LogP contribution in [0.5, 0.6) is 0 Å². The van der Waals surface area contributed by atoms with Gasteiger partial charge in [0.15, 0.2) is 0 Å². The summed E-state index contributed by atoms with van der Waals surface area (Å²) in [6.07, 6.45) is -0.711. The highest BCUT2D eigenvalue weighted by molar-refractivity contribution is 5.68. The zero-order valence-corrected chi connectivity index (χ0v) is 11.4. The standard InChI is InChI=1S/C16H18FNO/c1-11-6-4-5-7-15(11)18(3)16-9-8-13(17)10-14(16)12(2)19/h4-10,12,19H,1-3H3/t12-/m1/s1. The molecule has 0 aliphatic heterocycles. The van der Waals surface area contributed by atoms with Crippen molar-refractivity contribution in [2.24, 2.45) is 0 Å². The van der Waals surface area contributed by atoms with Gasteiger partial charge in [0.2, 0.25) is 0 Å². The van der Waals surface area contributed by atoms with Crippen LogP contribution in [-0.4, -0.2) is 12.2 Å². The quantitative estimate of drug-likeness (QED) is 0.902. The number of rotatable bonds is 3. The molecule has 0 saturated carbocycles. The lowest BCUT2D eigenvalue weighted by Gasteiger charge is -2.25. The first-order chi connectivity index (χ1) is 9.00. The molecule has 0 aliphatic carbocycles. The molecular formula is C16H18FNO. The van der Waals surface area contributed by atoms with Crippen LogP contribution in [0.2, 0.25) is 0 Å². The lowest BCUT2D eigenvalue weighted by Crippen LogP contribution is -2.14. The molecule has 0 aromatic heterocycles. The first-order valence-corrected chi connectivity index (χ1v) is 6.27. The minimum atomic E-state index is -0.711. The van der Waals surface area contributed by atoms with Gasteiger partial charge >= 0.3 is 0 Å². The van der Waals surface area contributed by atoms with E-state index < -0.39 is 6.10 Å². The van der Waals surface area contributed by atoms with Crippen molar-refractivity contribution in [1.29, 1.82) is 0 Å². The molecule has 19 heavy (non-hydrogen) atoms. The molecule has 0 amide bonds. The maximum Gasteiger partial charge on any atom is 0.123 e. The van der Waals surface area contributed by atoms with Crippen molar-refractivity contribution >= 4 is 11.4 Å². The molecular weight excluding hydrogens is 241 g/mol. The molecule has 1 atom stereocenters. The minimum absolute atomic E-state index is 0.335. The van der Waals surface area contributed by atoms with E-state index in [1.807, 2.05) is 43.1 Å². The third-order valence-corrected chi connectivity index (χ3v) is 3.28. The van der Waals surface area contributed by atoms with Gasteiger partial charge in [-0.05, 0) is 43.7 Å². The van der Waals surface area contributed by atoms with Gasteiger partial charge in [-0.15, -0.1) is 0 Å². The number of hydrogen-bond donors (Lipinski definition) is 1. The molecule has 0 fully saturated rings. The second kappa shape index (κ2) is 5.41. The summed E-state index contributed by atoms with van der Waals surface area (Å²) in [6, 6.07) is 12.5. The largest absolute Gasteiger partial charge is 0.389 e. The van der Waals surface area contributed by atoms with Crippen molar-refractivity contribution in [3.8, 4) is 0 Å². The maximum absolute atomic E-state index is 13.3. The Morgan fingerprint density at radius 3 is 2.42 bits per heavy atom. The third-order valence-electron chi connectivity index (χ3n) is 3.28. The van der Waals surface area contributed by atoms with Crippen LogP contribution in [0.3, 0.4) is 0 Å². The molecule has 2 nitrogen and oxygen atoms in total. The monoisotopic (exact) mass is 259 g/mol. The SMILES string of the molecule is Cc1ccccc1N(C)c1ccc(F)cc1[C@@H](C)O. The Balaban J connectivity index is 2.50. The zero-order chi connectivity index (χ0) is 14.0. The Hall–Kier alpha value is -1.87. The second-order valence-electron chi connectivity index (χ2n) is 4.72. The van der Waals surface area contributed by atoms with E-state index >= 15 is 0 Å². The van der Waals surface area contributed by atoms with Gasteiger partial charge in [0.1, 0.15) is 5.82 Å². The van der Waals surface area contributed by atoms with Crippen LogP contribution in [0.1, 0.15) is 24.2 Å². The number of nitrogens with zero attached hydrogens (tertiary/aromatic N) is 1. The minimum Gasteiger partial charge on any atom is -0.389 e. The van der Waals surface area contributed by atoms with Gasteiger partial charge in [0, 0.05) is 24.0 Å². The fourth-order valence-corrected chi connectivity index (χ4v) is 2.23. The summed E-state index contributed by atoms with van der Waals surface area (Å²) < 4.78 is 13.3. The molecule has 2 aromatic carbocycles. The molecule has 0 radical (unpaired) electrons. The molecule has 2 aromatic rings. The molecule has 0 spiro atoms. The summed E-state index contributed by atoms with van der Waals surface area (Å²) in [5.41, 5.74) is 3.57. The highest BCUT2D eigenvalue weighted by Crippen LogP contribution is 2.32. The number of benzene rings is 2. The number of halogens is 1.